The van der Waals surface area contributed by atoms with E-state index in [1.807, 2.05) is 13.8 Å². The minimum Gasteiger partial charge on any atom is -0.394 e. The topological polar surface area (TPSA) is 274 Å². The summed E-state index contributed by atoms with van der Waals surface area (Å²) in [7, 11) is 1.17. The first-order chi connectivity index (χ1) is 21.3. The highest BCUT2D eigenvalue weighted by atomic mass is 16.7. The smallest absolute Gasteiger partial charge is 0.230 e. The van der Waals surface area contributed by atoms with Gasteiger partial charge in [0.25, 0.3) is 0 Å². The first-order valence-electron chi connectivity index (χ1n) is 15.7. The fraction of sp³-hybridized carbons (Fsp3) is 0.900. The average Bonchev–Trinajstić information content (AvgIpc) is 2.96. The van der Waals surface area contributed by atoms with Gasteiger partial charge in [-0.05, 0) is 18.8 Å². The molecular weight excluding hydrogens is 612 g/mol. The standard InChI is InChI=1S/C30H56N2O14/c1-13(2)7-8-16(45-29-25(38)22(31)23(36)15(5)44-29)9-19-21(18(35)11-30(42,46-19)10-17(34)14(3)4)27(40)32-28(41)26(39)24(37)20(12-33)43-6/h7-8,13-26,28-29,33-39,41-42H,9-12,31H2,1-6H3,(H,32,40)/b8-7+/t15?,16-,17+,18-,19-,20?,21+,22?,23?,24?,25?,26?,28?,29?,30+/m0/s1. The van der Waals surface area contributed by atoms with Crippen molar-refractivity contribution in [2.45, 2.75) is 139 Å². The third-order valence-corrected chi connectivity index (χ3v) is 8.52. The van der Waals surface area contributed by atoms with Crippen molar-refractivity contribution in [3.05, 3.63) is 12.2 Å². The van der Waals surface area contributed by atoms with Gasteiger partial charge in [-0.15, -0.1) is 0 Å². The molecule has 2 aliphatic heterocycles. The zero-order chi connectivity index (χ0) is 35.1. The third kappa shape index (κ3) is 10.8. The van der Waals surface area contributed by atoms with E-state index in [0.717, 1.165) is 0 Å². The number of aliphatic hydroxyl groups excluding tert-OH is 8. The van der Waals surface area contributed by atoms with E-state index in [-0.39, 0.29) is 24.7 Å². The van der Waals surface area contributed by atoms with Crippen molar-refractivity contribution in [3.63, 3.8) is 0 Å². The molecule has 2 rings (SSSR count). The van der Waals surface area contributed by atoms with Gasteiger partial charge in [0.15, 0.2) is 18.3 Å². The summed E-state index contributed by atoms with van der Waals surface area (Å²) < 4.78 is 22.6. The SMILES string of the molecule is COC(CO)C(O)C(O)C(O)NC(=O)[C@H]1[C@H](C[C@H](/C=C/C(C)C)OC2OC(C)C(O)C(N)C2O)O[C@](O)(C[C@@H](O)C(C)C)C[C@@H]1O. The van der Waals surface area contributed by atoms with Gasteiger partial charge in [0.05, 0.1) is 55.2 Å². The number of methoxy groups -OCH3 is 1. The highest BCUT2D eigenvalue weighted by Crippen LogP contribution is 2.38. The Morgan fingerprint density at radius 1 is 1.07 bits per heavy atom. The molecule has 12 N–H and O–H groups in total. The zero-order valence-electron chi connectivity index (χ0n) is 27.4. The molecule has 0 bridgehead atoms. The number of hydrogen-bond acceptors (Lipinski definition) is 15. The minimum absolute atomic E-state index is 0.0271. The number of carbonyl (C=O) groups excluding carboxylic acids is 1. The first kappa shape index (κ1) is 40.8. The number of amides is 1. The molecule has 46 heavy (non-hydrogen) atoms. The van der Waals surface area contributed by atoms with Gasteiger partial charge in [-0.1, -0.05) is 39.8 Å². The molecule has 270 valence electrons. The molecule has 0 aromatic heterocycles. The molecular formula is C30H56N2O14. The van der Waals surface area contributed by atoms with Gasteiger partial charge in [-0.2, -0.15) is 0 Å². The van der Waals surface area contributed by atoms with Crippen LogP contribution in [-0.4, -0.2) is 151 Å². The number of carbonyl (C=O) groups is 1. The number of rotatable bonds is 16. The molecule has 2 heterocycles. The Morgan fingerprint density at radius 2 is 1.70 bits per heavy atom. The maximum Gasteiger partial charge on any atom is 0.230 e. The summed E-state index contributed by atoms with van der Waals surface area (Å²) in [4.78, 5) is 13.5. The van der Waals surface area contributed by atoms with Crippen LogP contribution in [0.15, 0.2) is 12.2 Å². The lowest BCUT2D eigenvalue weighted by Gasteiger charge is -2.46. The van der Waals surface area contributed by atoms with Crippen LogP contribution in [0.25, 0.3) is 0 Å². The van der Waals surface area contributed by atoms with Crippen molar-refractivity contribution in [2.24, 2.45) is 23.5 Å². The van der Waals surface area contributed by atoms with Crippen molar-refractivity contribution in [1.82, 2.24) is 5.32 Å². The van der Waals surface area contributed by atoms with E-state index in [0.29, 0.717) is 0 Å². The summed E-state index contributed by atoms with van der Waals surface area (Å²) in [5.41, 5.74) is 5.97. The molecule has 0 aromatic carbocycles. The number of hydrogen-bond donors (Lipinski definition) is 11. The molecule has 1 amide bonds. The van der Waals surface area contributed by atoms with E-state index in [1.165, 1.54) is 7.11 Å². The van der Waals surface area contributed by atoms with Crippen LogP contribution in [0.2, 0.25) is 0 Å². The van der Waals surface area contributed by atoms with Crippen LogP contribution in [-0.2, 0) is 23.7 Å². The second-order valence-corrected chi connectivity index (χ2v) is 13.1. The van der Waals surface area contributed by atoms with Crippen LogP contribution in [0.3, 0.4) is 0 Å². The maximum absolute atomic E-state index is 13.5. The zero-order valence-corrected chi connectivity index (χ0v) is 27.4. The lowest BCUT2D eigenvalue weighted by Crippen LogP contribution is -2.62. The molecule has 2 saturated heterocycles. The average molecular weight is 669 g/mol. The Bertz CT molecular complexity index is 955. The first-order valence-corrected chi connectivity index (χ1v) is 15.7. The second-order valence-electron chi connectivity index (χ2n) is 13.1. The van der Waals surface area contributed by atoms with Crippen LogP contribution in [0, 0.1) is 17.8 Å². The Kier molecular flexibility index (Phi) is 15.9. The van der Waals surface area contributed by atoms with E-state index in [1.54, 1.807) is 32.9 Å². The van der Waals surface area contributed by atoms with E-state index >= 15 is 0 Å². The molecule has 2 aliphatic rings. The van der Waals surface area contributed by atoms with Gasteiger partial charge in [0.1, 0.15) is 24.4 Å². The fourth-order valence-corrected chi connectivity index (χ4v) is 5.50. The molecule has 0 aliphatic carbocycles. The minimum atomic E-state index is -2.08. The molecule has 9 unspecified atom stereocenters. The van der Waals surface area contributed by atoms with Gasteiger partial charge in [0, 0.05) is 26.4 Å². The van der Waals surface area contributed by atoms with Crippen LogP contribution in [0.5, 0.6) is 0 Å². The highest BCUT2D eigenvalue weighted by molar-refractivity contribution is 5.80. The van der Waals surface area contributed by atoms with E-state index < -0.39 is 110 Å². The number of aliphatic hydroxyl groups is 9. The quantitative estimate of drug-likeness (QED) is 0.0571. The van der Waals surface area contributed by atoms with Gasteiger partial charge in [-0.3, -0.25) is 4.79 Å². The monoisotopic (exact) mass is 668 g/mol. The predicted molar refractivity (Wildman–Crippen MR) is 161 cm³/mol. The largest absolute Gasteiger partial charge is 0.394 e. The number of ether oxygens (including phenoxy) is 4. The molecule has 15 atom stereocenters. The van der Waals surface area contributed by atoms with Crippen LogP contribution >= 0.6 is 0 Å². The molecule has 2 fully saturated rings. The Morgan fingerprint density at radius 3 is 2.24 bits per heavy atom. The number of nitrogens with two attached hydrogens (primary N) is 1. The Labute approximate surface area is 269 Å². The van der Waals surface area contributed by atoms with Gasteiger partial charge >= 0.3 is 0 Å². The van der Waals surface area contributed by atoms with Gasteiger partial charge in [-0.25, -0.2) is 0 Å². The lowest BCUT2D eigenvalue weighted by atomic mass is 9.81. The predicted octanol–water partition coefficient (Wildman–Crippen LogP) is -3.21. The molecule has 0 spiro atoms. The fourth-order valence-electron chi connectivity index (χ4n) is 5.50. The van der Waals surface area contributed by atoms with E-state index in [2.05, 4.69) is 5.32 Å². The molecule has 0 aromatic rings. The van der Waals surface area contributed by atoms with Crippen LogP contribution in [0.1, 0.15) is 53.9 Å². The molecule has 16 heteroatoms. The van der Waals surface area contributed by atoms with E-state index in [4.69, 9.17) is 24.7 Å². The Hall–Kier alpha value is -1.35. The summed E-state index contributed by atoms with van der Waals surface area (Å²) in [6, 6.07) is -1.09. The molecule has 16 nitrogen and oxygen atoms in total. The van der Waals surface area contributed by atoms with Crippen molar-refractivity contribution in [1.29, 1.82) is 0 Å². The van der Waals surface area contributed by atoms with Crippen LogP contribution in [0.4, 0.5) is 0 Å². The summed E-state index contributed by atoms with van der Waals surface area (Å²) in [6.07, 6.45) is -14.4. The van der Waals surface area contributed by atoms with Gasteiger partial charge in [0.2, 0.25) is 5.91 Å². The van der Waals surface area contributed by atoms with Gasteiger partial charge < -0.3 is 76.0 Å². The number of allylic oxidation sites excluding steroid dienone is 1. The van der Waals surface area contributed by atoms with Crippen molar-refractivity contribution in [3.8, 4) is 0 Å². The summed E-state index contributed by atoms with van der Waals surface area (Å²) in [5, 5.41) is 96.7. The van der Waals surface area contributed by atoms with Crippen molar-refractivity contribution < 1.29 is 69.7 Å². The number of nitrogens with one attached hydrogen (secondary N) is 1. The van der Waals surface area contributed by atoms with Crippen LogP contribution < -0.4 is 11.1 Å². The summed E-state index contributed by atoms with van der Waals surface area (Å²) in [5.74, 6) is -4.83. The third-order valence-electron chi connectivity index (χ3n) is 8.52. The highest BCUT2D eigenvalue weighted by Gasteiger charge is 2.51. The molecule has 0 radical (unpaired) electrons. The second kappa shape index (κ2) is 17.9. The van der Waals surface area contributed by atoms with E-state index in [9.17, 15) is 50.8 Å². The maximum atomic E-state index is 13.5. The lowest BCUT2D eigenvalue weighted by molar-refractivity contribution is -0.307. The summed E-state index contributed by atoms with van der Waals surface area (Å²) >= 11 is 0. The Balaban J connectivity index is 2.41. The normalized spacial score (nSPS) is 36.4. The van der Waals surface area contributed by atoms with Crippen molar-refractivity contribution >= 4 is 5.91 Å². The molecule has 0 saturated carbocycles. The van der Waals surface area contributed by atoms with Crippen molar-refractivity contribution in [2.75, 3.05) is 13.7 Å². The summed E-state index contributed by atoms with van der Waals surface area (Å²) in [6.45, 7) is 8.10.